The second-order valence-electron chi connectivity index (χ2n) is 10.4. The minimum Gasteiger partial charge on any atom is -0.135 e. The maximum atomic E-state index is 2.45. The lowest BCUT2D eigenvalue weighted by atomic mass is 10.1. The third-order valence-corrected chi connectivity index (χ3v) is 14.8. The summed E-state index contributed by atoms with van der Waals surface area (Å²) in [5.74, 6) is 0. The second kappa shape index (κ2) is 8.91. The van der Waals surface area contributed by atoms with Gasteiger partial charge in [-0.2, -0.15) is 0 Å². The molecule has 0 bridgehead atoms. The molecular weight excluding hydrogens is 505 g/mol. The Morgan fingerprint density at radius 2 is 1.05 bits per heavy atom. The predicted molar refractivity (Wildman–Crippen MR) is 171 cm³/mol. The van der Waals surface area contributed by atoms with Crippen LogP contribution in [-0.2, 0) is 6.42 Å². The third kappa shape index (κ3) is 3.29. The summed E-state index contributed by atoms with van der Waals surface area (Å²) in [6.07, 6.45) is 0.985. The van der Waals surface area contributed by atoms with Crippen LogP contribution in [0.2, 0.25) is 0 Å². The molecule has 6 aromatic carbocycles. The van der Waals surface area contributed by atoms with Crippen LogP contribution < -0.4 is 20.7 Å². The summed E-state index contributed by atoms with van der Waals surface area (Å²) < 4.78 is 2.78. The molecule has 1 aromatic heterocycles. The SMILES string of the molecule is c1ccc([Si](c2ccccc2)(c2cccc3c2Cc2ccccc2-3)c2cccc3c2sc2ccccc23)cc1. The molecule has 1 aliphatic carbocycles. The van der Waals surface area contributed by atoms with Gasteiger partial charge in [0.2, 0.25) is 0 Å². The van der Waals surface area contributed by atoms with Gasteiger partial charge in [-0.05, 0) is 55.5 Å². The van der Waals surface area contributed by atoms with E-state index in [1.165, 1.54) is 63.2 Å². The van der Waals surface area contributed by atoms with Gasteiger partial charge in [0.15, 0.2) is 8.07 Å². The molecule has 0 radical (unpaired) electrons. The molecule has 0 atom stereocenters. The van der Waals surface area contributed by atoms with Crippen LogP contribution in [-0.4, -0.2) is 8.07 Å². The van der Waals surface area contributed by atoms with Crippen LogP contribution in [0, 0.1) is 0 Å². The number of hydrogen-bond donors (Lipinski definition) is 0. The minimum absolute atomic E-state index is 0.985. The van der Waals surface area contributed by atoms with E-state index < -0.39 is 8.07 Å². The summed E-state index contributed by atoms with van der Waals surface area (Å²) in [6, 6.07) is 54.7. The standard InChI is InChI=1S/C37H26SSi/c1-3-14-27(15-4-1)39(28-16-5-2-6-17-28,35-23-11-20-30-29-18-8-7-13-26(29)25-33(30)35)36-24-12-21-32-31-19-9-10-22-34(31)38-37(32)36/h1-24H,25H2. The molecule has 2 heteroatoms. The van der Waals surface area contributed by atoms with Gasteiger partial charge in [0.05, 0.1) is 0 Å². The molecule has 0 fully saturated rings. The highest BCUT2D eigenvalue weighted by molar-refractivity contribution is 7.30. The van der Waals surface area contributed by atoms with Gasteiger partial charge in [-0.1, -0.05) is 140 Å². The predicted octanol–water partition coefficient (Wildman–Crippen LogP) is 7.00. The van der Waals surface area contributed by atoms with E-state index in [0.717, 1.165) is 6.42 Å². The highest BCUT2D eigenvalue weighted by Gasteiger charge is 2.45. The summed E-state index contributed by atoms with van der Waals surface area (Å²) >= 11 is 1.95. The highest BCUT2D eigenvalue weighted by atomic mass is 32.1. The summed E-state index contributed by atoms with van der Waals surface area (Å²) in [5.41, 5.74) is 5.72. The molecule has 0 spiro atoms. The smallest absolute Gasteiger partial charge is 0.135 e. The molecule has 0 saturated carbocycles. The highest BCUT2D eigenvalue weighted by Crippen LogP contribution is 2.37. The first-order valence-electron chi connectivity index (χ1n) is 13.6. The molecule has 1 heterocycles. The van der Waals surface area contributed by atoms with Gasteiger partial charge in [0.25, 0.3) is 0 Å². The van der Waals surface area contributed by atoms with E-state index in [-0.39, 0.29) is 0 Å². The Bertz CT molecular complexity index is 1950. The lowest BCUT2D eigenvalue weighted by Crippen LogP contribution is -2.75. The van der Waals surface area contributed by atoms with Gasteiger partial charge < -0.3 is 0 Å². The lowest BCUT2D eigenvalue weighted by Gasteiger charge is -2.36. The number of benzene rings is 6. The monoisotopic (exact) mass is 530 g/mol. The molecular formula is C37H26SSi. The zero-order valence-electron chi connectivity index (χ0n) is 21.5. The molecule has 0 aliphatic heterocycles. The molecule has 184 valence electrons. The fraction of sp³-hybridized carbons (Fsp3) is 0.0270. The average molecular weight is 531 g/mol. The van der Waals surface area contributed by atoms with Crippen molar-refractivity contribution in [2.45, 2.75) is 6.42 Å². The lowest BCUT2D eigenvalue weighted by molar-refractivity contribution is 1.28. The molecule has 0 amide bonds. The zero-order chi connectivity index (χ0) is 25.8. The van der Waals surface area contributed by atoms with Gasteiger partial charge in [-0.3, -0.25) is 0 Å². The molecule has 0 nitrogen and oxygen atoms in total. The normalized spacial score (nSPS) is 12.5. The quantitative estimate of drug-likeness (QED) is 0.170. The third-order valence-electron chi connectivity index (χ3n) is 8.48. The van der Waals surface area contributed by atoms with Gasteiger partial charge in [0, 0.05) is 20.2 Å². The van der Waals surface area contributed by atoms with E-state index >= 15 is 0 Å². The van der Waals surface area contributed by atoms with Crippen molar-refractivity contribution in [1.29, 1.82) is 0 Å². The van der Waals surface area contributed by atoms with Crippen molar-refractivity contribution < 1.29 is 0 Å². The van der Waals surface area contributed by atoms with Crippen LogP contribution in [0.15, 0.2) is 146 Å². The summed E-state index contributed by atoms with van der Waals surface area (Å²) in [7, 11) is -2.71. The first kappa shape index (κ1) is 22.7. The molecule has 8 rings (SSSR count). The second-order valence-corrected chi connectivity index (χ2v) is 15.2. The van der Waals surface area contributed by atoms with Crippen molar-refractivity contribution in [3.63, 3.8) is 0 Å². The van der Waals surface area contributed by atoms with E-state index in [1.807, 2.05) is 11.3 Å². The Morgan fingerprint density at radius 3 is 1.85 bits per heavy atom. The number of rotatable bonds is 4. The fourth-order valence-electron chi connectivity index (χ4n) is 6.86. The van der Waals surface area contributed by atoms with E-state index in [0.29, 0.717) is 0 Å². The van der Waals surface area contributed by atoms with Crippen molar-refractivity contribution in [3.8, 4) is 11.1 Å². The van der Waals surface area contributed by atoms with E-state index in [9.17, 15) is 0 Å². The largest absolute Gasteiger partial charge is 0.181 e. The number of thiophene rings is 1. The van der Waals surface area contributed by atoms with E-state index in [1.54, 1.807) is 0 Å². The van der Waals surface area contributed by atoms with Gasteiger partial charge in [0.1, 0.15) is 0 Å². The van der Waals surface area contributed by atoms with Crippen LogP contribution in [0.3, 0.4) is 0 Å². The van der Waals surface area contributed by atoms with Crippen molar-refractivity contribution >= 4 is 60.3 Å². The molecule has 0 unspecified atom stereocenters. The number of hydrogen-bond acceptors (Lipinski definition) is 1. The molecule has 0 saturated heterocycles. The van der Waals surface area contributed by atoms with Crippen molar-refractivity contribution in [1.82, 2.24) is 0 Å². The maximum Gasteiger partial charge on any atom is 0.181 e. The Hall–Kier alpha value is -4.24. The maximum absolute atomic E-state index is 2.71. The van der Waals surface area contributed by atoms with Gasteiger partial charge >= 0.3 is 0 Å². The Balaban J connectivity index is 1.56. The van der Waals surface area contributed by atoms with Gasteiger partial charge in [-0.25, -0.2) is 0 Å². The van der Waals surface area contributed by atoms with Crippen molar-refractivity contribution in [2.75, 3.05) is 0 Å². The van der Waals surface area contributed by atoms with Crippen LogP contribution >= 0.6 is 11.3 Å². The molecule has 39 heavy (non-hydrogen) atoms. The zero-order valence-corrected chi connectivity index (χ0v) is 23.3. The Morgan fingerprint density at radius 1 is 0.462 bits per heavy atom. The molecule has 1 aliphatic rings. The Labute approximate surface area is 233 Å². The van der Waals surface area contributed by atoms with Crippen LogP contribution in [0.5, 0.6) is 0 Å². The first-order chi connectivity index (χ1) is 19.4. The molecule has 7 aromatic rings. The Kier molecular flexibility index (Phi) is 5.19. The minimum atomic E-state index is -2.71. The van der Waals surface area contributed by atoms with E-state index in [2.05, 4.69) is 146 Å². The number of fused-ring (bicyclic) bond motifs is 6. The summed E-state index contributed by atoms with van der Waals surface area (Å²) in [5, 5.41) is 8.60. The summed E-state index contributed by atoms with van der Waals surface area (Å²) in [4.78, 5) is 0. The molecule has 0 N–H and O–H groups in total. The van der Waals surface area contributed by atoms with Crippen molar-refractivity contribution in [3.05, 3.63) is 157 Å². The first-order valence-corrected chi connectivity index (χ1v) is 16.4. The van der Waals surface area contributed by atoms with Crippen molar-refractivity contribution in [2.24, 2.45) is 0 Å². The van der Waals surface area contributed by atoms with Crippen LogP contribution in [0.4, 0.5) is 0 Å². The van der Waals surface area contributed by atoms with Crippen LogP contribution in [0.1, 0.15) is 11.1 Å². The topological polar surface area (TPSA) is 0 Å². The summed E-state index contributed by atoms with van der Waals surface area (Å²) in [6.45, 7) is 0. The average Bonchev–Trinajstić information content (AvgIpc) is 3.58. The van der Waals surface area contributed by atoms with E-state index in [4.69, 9.17) is 0 Å². The fourth-order valence-corrected chi connectivity index (χ4v) is 13.7. The van der Waals surface area contributed by atoms with Gasteiger partial charge in [-0.15, -0.1) is 11.3 Å². The van der Waals surface area contributed by atoms with Crippen LogP contribution in [0.25, 0.3) is 31.3 Å².